The Bertz CT molecular complexity index is 310. The Morgan fingerprint density at radius 1 is 1.40 bits per heavy atom. The summed E-state index contributed by atoms with van der Waals surface area (Å²) in [5.74, 6) is 0.914. The van der Waals surface area contributed by atoms with Gasteiger partial charge in [-0.05, 0) is 24.1 Å². The van der Waals surface area contributed by atoms with Crippen molar-refractivity contribution in [1.29, 1.82) is 0 Å². The first-order valence-electron chi connectivity index (χ1n) is 5.39. The molecule has 0 spiro atoms. The largest absolute Gasteiger partial charge is 0.497 e. The third-order valence-electron chi connectivity index (χ3n) is 2.87. The maximum absolute atomic E-state index is 5.86. The van der Waals surface area contributed by atoms with Gasteiger partial charge in [-0.2, -0.15) is 0 Å². The molecule has 0 aliphatic carbocycles. The molecule has 2 N–H and O–H groups in total. The molecule has 3 heteroatoms. The van der Waals surface area contributed by atoms with Gasteiger partial charge in [0.05, 0.1) is 7.11 Å². The van der Waals surface area contributed by atoms with Gasteiger partial charge in [-0.1, -0.05) is 12.1 Å². The summed E-state index contributed by atoms with van der Waals surface area (Å²) < 4.78 is 5.12. The fourth-order valence-corrected chi connectivity index (χ4v) is 2.00. The molecule has 1 aliphatic rings. The predicted molar refractivity (Wildman–Crippen MR) is 60.9 cm³/mol. The van der Waals surface area contributed by atoms with E-state index >= 15 is 0 Å². The molecule has 15 heavy (non-hydrogen) atoms. The second-order valence-electron chi connectivity index (χ2n) is 4.13. The SMILES string of the molecule is COc1ccc(CN2CC[C@@H](N)C2)cc1. The van der Waals surface area contributed by atoms with E-state index in [-0.39, 0.29) is 0 Å². The lowest BCUT2D eigenvalue weighted by Crippen LogP contribution is -2.26. The van der Waals surface area contributed by atoms with E-state index < -0.39 is 0 Å². The number of benzene rings is 1. The maximum atomic E-state index is 5.86. The van der Waals surface area contributed by atoms with Crippen LogP contribution in [0.15, 0.2) is 24.3 Å². The van der Waals surface area contributed by atoms with Crippen molar-refractivity contribution < 1.29 is 4.74 Å². The van der Waals surface area contributed by atoms with Crippen LogP contribution in [0.25, 0.3) is 0 Å². The van der Waals surface area contributed by atoms with Crippen LogP contribution >= 0.6 is 0 Å². The van der Waals surface area contributed by atoms with Gasteiger partial charge in [0.25, 0.3) is 0 Å². The first-order valence-corrected chi connectivity index (χ1v) is 5.39. The Kier molecular flexibility index (Phi) is 3.23. The first kappa shape index (κ1) is 10.5. The summed E-state index contributed by atoms with van der Waals surface area (Å²) >= 11 is 0. The molecule has 1 aliphatic heterocycles. The summed E-state index contributed by atoms with van der Waals surface area (Å²) in [7, 11) is 1.69. The van der Waals surface area contributed by atoms with Crippen molar-refractivity contribution in [2.45, 2.75) is 19.0 Å². The van der Waals surface area contributed by atoms with Gasteiger partial charge in [0.2, 0.25) is 0 Å². The van der Waals surface area contributed by atoms with Crippen molar-refractivity contribution in [3.63, 3.8) is 0 Å². The van der Waals surface area contributed by atoms with Gasteiger partial charge in [0.1, 0.15) is 5.75 Å². The van der Waals surface area contributed by atoms with E-state index in [1.807, 2.05) is 12.1 Å². The molecule has 1 aromatic rings. The van der Waals surface area contributed by atoms with Crippen LogP contribution in [-0.4, -0.2) is 31.1 Å². The number of methoxy groups -OCH3 is 1. The number of nitrogens with two attached hydrogens (primary N) is 1. The molecular weight excluding hydrogens is 188 g/mol. The van der Waals surface area contributed by atoms with Crippen molar-refractivity contribution in [3.8, 4) is 5.75 Å². The van der Waals surface area contributed by atoms with Crippen LogP contribution in [0.3, 0.4) is 0 Å². The quantitative estimate of drug-likeness (QED) is 0.808. The van der Waals surface area contributed by atoms with Crippen LogP contribution in [-0.2, 0) is 6.54 Å². The number of rotatable bonds is 3. The number of hydrogen-bond acceptors (Lipinski definition) is 3. The standard InChI is InChI=1S/C12H18N2O/c1-15-12-4-2-10(3-5-12)8-14-7-6-11(13)9-14/h2-5,11H,6-9,13H2,1H3/t11-/m1/s1. The molecular formula is C12H18N2O. The van der Waals surface area contributed by atoms with Crippen LogP contribution < -0.4 is 10.5 Å². The lowest BCUT2D eigenvalue weighted by molar-refractivity contribution is 0.326. The zero-order valence-electron chi connectivity index (χ0n) is 9.15. The van der Waals surface area contributed by atoms with Gasteiger partial charge in [0, 0.05) is 25.7 Å². The highest BCUT2D eigenvalue weighted by molar-refractivity contribution is 5.27. The molecule has 1 fully saturated rings. The number of ether oxygens (including phenoxy) is 1. The van der Waals surface area contributed by atoms with Crippen LogP contribution in [0.5, 0.6) is 5.75 Å². The molecule has 1 atom stereocenters. The number of nitrogens with zero attached hydrogens (tertiary/aromatic N) is 1. The maximum Gasteiger partial charge on any atom is 0.118 e. The topological polar surface area (TPSA) is 38.5 Å². The summed E-state index contributed by atoms with van der Waals surface area (Å²) in [5.41, 5.74) is 7.19. The normalized spacial score (nSPS) is 21.9. The van der Waals surface area contributed by atoms with E-state index in [0.29, 0.717) is 6.04 Å². The molecule has 0 amide bonds. The van der Waals surface area contributed by atoms with E-state index in [4.69, 9.17) is 10.5 Å². The molecule has 0 bridgehead atoms. The molecule has 0 saturated carbocycles. The summed E-state index contributed by atoms with van der Waals surface area (Å²) in [6.45, 7) is 3.14. The summed E-state index contributed by atoms with van der Waals surface area (Å²) in [5, 5.41) is 0. The van der Waals surface area contributed by atoms with Gasteiger partial charge in [-0.25, -0.2) is 0 Å². The molecule has 2 rings (SSSR count). The summed E-state index contributed by atoms with van der Waals surface area (Å²) in [6, 6.07) is 8.60. The van der Waals surface area contributed by atoms with Crippen molar-refractivity contribution >= 4 is 0 Å². The summed E-state index contributed by atoms with van der Waals surface area (Å²) in [4.78, 5) is 2.40. The lowest BCUT2D eigenvalue weighted by Gasteiger charge is -2.15. The molecule has 0 radical (unpaired) electrons. The zero-order chi connectivity index (χ0) is 10.7. The smallest absolute Gasteiger partial charge is 0.118 e. The van der Waals surface area contributed by atoms with Crippen LogP contribution in [0.4, 0.5) is 0 Å². The lowest BCUT2D eigenvalue weighted by atomic mass is 10.2. The third kappa shape index (κ3) is 2.70. The van der Waals surface area contributed by atoms with Gasteiger partial charge in [0.15, 0.2) is 0 Å². The zero-order valence-corrected chi connectivity index (χ0v) is 9.15. The fraction of sp³-hybridized carbons (Fsp3) is 0.500. The Morgan fingerprint density at radius 3 is 2.67 bits per heavy atom. The highest BCUT2D eigenvalue weighted by Crippen LogP contribution is 2.15. The molecule has 1 heterocycles. The Labute approximate surface area is 90.8 Å². The van der Waals surface area contributed by atoms with E-state index in [2.05, 4.69) is 17.0 Å². The molecule has 0 unspecified atom stereocenters. The van der Waals surface area contributed by atoms with Crippen molar-refractivity contribution in [3.05, 3.63) is 29.8 Å². The fourth-order valence-electron chi connectivity index (χ4n) is 2.00. The third-order valence-corrected chi connectivity index (χ3v) is 2.87. The Hall–Kier alpha value is -1.06. The average Bonchev–Trinajstić information content (AvgIpc) is 2.65. The average molecular weight is 206 g/mol. The minimum Gasteiger partial charge on any atom is -0.497 e. The van der Waals surface area contributed by atoms with Gasteiger partial charge in [-0.3, -0.25) is 4.90 Å². The predicted octanol–water partition coefficient (Wildman–Crippen LogP) is 1.23. The van der Waals surface area contributed by atoms with Gasteiger partial charge >= 0.3 is 0 Å². The minimum atomic E-state index is 0.364. The molecule has 1 saturated heterocycles. The molecule has 82 valence electrons. The first-order chi connectivity index (χ1) is 7.28. The van der Waals surface area contributed by atoms with E-state index in [9.17, 15) is 0 Å². The van der Waals surface area contributed by atoms with Gasteiger partial charge < -0.3 is 10.5 Å². The van der Waals surface area contributed by atoms with Crippen LogP contribution in [0.1, 0.15) is 12.0 Å². The molecule has 0 aromatic heterocycles. The van der Waals surface area contributed by atoms with Crippen molar-refractivity contribution in [2.75, 3.05) is 20.2 Å². The number of likely N-dealkylation sites (tertiary alicyclic amines) is 1. The van der Waals surface area contributed by atoms with Crippen molar-refractivity contribution in [2.24, 2.45) is 5.73 Å². The highest BCUT2D eigenvalue weighted by Gasteiger charge is 2.18. The molecule has 3 nitrogen and oxygen atoms in total. The van der Waals surface area contributed by atoms with Crippen molar-refractivity contribution in [1.82, 2.24) is 4.90 Å². The number of hydrogen-bond donors (Lipinski definition) is 1. The van der Waals surface area contributed by atoms with E-state index in [1.165, 1.54) is 5.56 Å². The minimum absolute atomic E-state index is 0.364. The highest BCUT2D eigenvalue weighted by atomic mass is 16.5. The Morgan fingerprint density at radius 2 is 2.13 bits per heavy atom. The van der Waals surface area contributed by atoms with E-state index in [0.717, 1.165) is 31.8 Å². The summed E-state index contributed by atoms with van der Waals surface area (Å²) in [6.07, 6.45) is 1.12. The van der Waals surface area contributed by atoms with Crippen LogP contribution in [0.2, 0.25) is 0 Å². The van der Waals surface area contributed by atoms with E-state index in [1.54, 1.807) is 7.11 Å². The van der Waals surface area contributed by atoms with Crippen LogP contribution in [0, 0.1) is 0 Å². The molecule has 1 aromatic carbocycles. The van der Waals surface area contributed by atoms with Gasteiger partial charge in [-0.15, -0.1) is 0 Å². The second-order valence-corrected chi connectivity index (χ2v) is 4.13. The monoisotopic (exact) mass is 206 g/mol. The second kappa shape index (κ2) is 4.64. The Balaban J connectivity index is 1.93.